The largest absolute Gasteiger partial charge is 0.309 e. The van der Waals surface area contributed by atoms with E-state index in [9.17, 15) is 0 Å². The van der Waals surface area contributed by atoms with E-state index >= 15 is 0 Å². The van der Waals surface area contributed by atoms with Crippen LogP contribution >= 0.6 is 0 Å². The number of aromatic nitrogens is 2. The highest BCUT2D eigenvalue weighted by Crippen LogP contribution is 2.26. The highest BCUT2D eigenvalue weighted by Gasteiger charge is 2.18. The number of piperidine rings is 1. The minimum Gasteiger partial charge on any atom is -0.309 e. The number of hydrogen-bond acceptors (Lipinski definition) is 2. The van der Waals surface area contributed by atoms with Gasteiger partial charge in [-0.15, -0.1) is 0 Å². The molecular formula is C12H15N3. The van der Waals surface area contributed by atoms with E-state index in [1.165, 1.54) is 30.3 Å². The fourth-order valence-electron chi connectivity index (χ4n) is 2.34. The zero-order chi connectivity index (χ0) is 10.1. The fourth-order valence-corrected chi connectivity index (χ4v) is 2.34. The number of nitrogens with zero attached hydrogens (tertiary/aromatic N) is 1. The zero-order valence-electron chi connectivity index (χ0n) is 8.66. The van der Waals surface area contributed by atoms with Gasteiger partial charge in [0.05, 0.1) is 11.2 Å². The first kappa shape index (κ1) is 8.92. The lowest BCUT2D eigenvalue weighted by molar-refractivity contribution is 0.407. The van der Waals surface area contributed by atoms with Crippen LogP contribution in [0.2, 0.25) is 0 Å². The predicted octanol–water partition coefficient (Wildman–Crippen LogP) is 2.38. The molecule has 0 radical (unpaired) electrons. The normalized spacial score (nSPS) is 22.0. The van der Waals surface area contributed by atoms with E-state index in [2.05, 4.69) is 33.7 Å². The molecule has 2 N–H and O–H groups in total. The van der Waals surface area contributed by atoms with Crippen LogP contribution in [-0.4, -0.2) is 16.7 Å². The third-order valence-electron chi connectivity index (χ3n) is 3.15. The lowest BCUT2D eigenvalue weighted by atomic mass is 10.00. The van der Waals surface area contributed by atoms with Crippen molar-refractivity contribution in [2.75, 3.05) is 6.54 Å². The molecule has 1 aromatic carbocycles. The van der Waals surface area contributed by atoms with Crippen LogP contribution in [0.15, 0.2) is 24.3 Å². The van der Waals surface area contributed by atoms with E-state index in [1.54, 1.807) is 0 Å². The molecule has 0 saturated carbocycles. The summed E-state index contributed by atoms with van der Waals surface area (Å²) < 4.78 is 0. The molecule has 1 fully saturated rings. The number of benzene rings is 1. The summed E-state index contributed by atoms with van der Waals surface area (Å²) in [6.07, 6.45) is 3.82. The first-order chi connectivity index (χ1) is 7.45. The molecule has 1 unspecified atom stereocenters. The Balaban J connectivity index is 2.02. The highest BCUT2D eigenvalue weighted by molar-refractivity contribution is 5.81. The molecule has 1 aromatic heterocycles. The van der Waals surface area contributed by atoms with Gasteiger partial charge in [0.1, 0.15) is 0 Å². The van der Waals surface area contributed by atoms with Gasteiger partial charge in [-0.25, -0.2) is 0 Å². The Morgan fingerprint density at radius 3 is 3.00 bits per heavy atom. The Morgan fingerprint density at radius 1 is 1.20 bits per heavy atom. The maximum absolute atomic E-state index is 4.33. The summed E-state index contributed by atoms with van der Waals surface area (Å²) in [4.78, 5) is 0. The maximum atomic E-state index is 4.33. The van der Waals surface area contributed by atoms with Crippen LogP contribution in [0.3, 0.4) is 0 Å². The van der Waals surface area contributed by atoms with Gasteiger partial charge in [-0.1, -0.05) is 24.6 Å². The molecule has 78 valence electrons. The van der Waals surface area contributed by atoms with Crippen LogP contribution in [0.5, 0.6) is 0 Å². The molecule has 15 heavy (non-hydrogen) atoms. The van der Waals surface area contributed by atoms with Crippen molar-refractivity contribution in [2.24, 2.45) is 0 Å². The summed E-state index contributed by atoms with van der Waals surface area (Å²) in [7, 11) is 0. The monoisotopic (exact) mass is 201 g/mol. The Hall–Kier alpha value is -1.35. The molecule has 2 heterocycles. The van der Waals surface area contributed by atoms with Gasteiger partial charge in [0.15, 0.2) is 0 Å². The molecule has 0 bridgehead atoms. The van der Waals surface area contributed by atoms with Crippen molar-refractivity contribution in [3.05, 3.63) is 30.0 Å². The topological polar surface area (TPSA) is 40.7 Å². The van der Waals surface area contributed by atoms with Crippen molar-refractivity contribution in [2.45, 2.75) is 25.3 Å². The summed E-state index contributed by atoms with van der Waals surface area (Å²) >= 11 is 0. The molecule has 3 heteroatoms. The van der Waals surface area contributed by atoms with Crippen molar-refractivity contribution in [1.82, 2.24) is 15.5 Å². The number of rotatable bonds is 1. The Labute approximate surface area is 88.9 Å². The molecule has 1 aliphatic rings. The molecule has 1 aliphatic heterocycles. The number of aromatic amines is 1. The average Bonchev–Trinajstić information content (AvgIpc) is 2.74. The number of nitrogens with one attached hydrogen (secondary N) is 2. The fraction of sp³-hybridized carbons (Fsp3) is 0.417. The number of para-hydroxylation sites is 1. The Kier molecular flexibility index (Phi) is 2.18. The van der Waals surface area contributed by atoms with E-state index in [-0.39, 0.29) is 0 Å². The second kappa shape index (κ2) is 3.66. The molecule has 3 rings (SSSR count). The van der Waals surface area contributed by atoms with Crippen molar-refractivity contribution in [3.63, 3.8) is 0 Å². The molecule has 0 spiro atoms. The summed E-state index contributed by atoms with van der Waals surface area (Å²) in [5, 5.41) is 12.3. The third kappa shape index (κ3) is 1.53. The second-order valence-corrected chi connectivity index (χ2v) is 4.16. The summed E-state index contributed by atoms with van der Waals surface area (Å²) in [5.74, 6) is 0. The van der Waals surface area contributed by atoms with Crippen molar-refractivity contribution in [3.8, 4) is 0 Å². The van der Waals surface area contributed by atoms with Crippen molar-refractivity contribution >= 4 is 10.9 Å². The quantitative estimate of drug-likeness (QED) is 0.743. The summed E-state index contributed by atoms with van der Waals surface area (Å²) in [5.41, 5.74) is 2.32. The molecule has 1 atom stereocenters. The van der Waals surface area contributed by atoms with Crippen LogP contribution in [-0.2, 0) is 0 Å². The number of hydrogen-bond donors (Lipinski definition) is 2. The van der Waals surface area contributed by atoms with E-state index in [0.717, 1.165) is 12.1 Å². The van der Waals surface area contributed by atoms with E-state index in [0.29, 0.717) is 6.04 Å². The first-order valence-corrected chi connectivity index (χ1v) is 5.61. The van der Waals surface area contributed by atoms with Gasteiger partial charge in [-0.2, -0.15) is 5.10 Å². The van der Waals surface area contributed by atoms with Crippen LogP contribution < -0.4 is 5.32 Å². The lowest BCUT2D eigenvalue weighted by Gasteiger charge is -2.22. The van der Waals surface area contributed by atoms with Gasteiger partial charge < -0.3 is 5.32 Å². The molecule has 0 amide bonds. The van der Waals surface area contributed by atoms with Gasteiger partial charge in [0, 0.05) is 11.4 Å². The minimum atomic E-state index is 0.464. The molecule has 1 saturated heterocycles. The highest BCUT2D eigenvalue weighted by atomic mass is 15.1. The number of H-pyrrole nitrogens is 1. The van der Waals surface area contributed by atoms with E-state index < -0.39 is 0 Å². The van der Waals surface area contributed by atoms with Gasteiger partial charge in [-0.05, 0) is 25.5 Å². The molecule has 2 aromatic rings. The van der Waals surface area contributed by atoms with Gasteiger partial charge in [0.25, 0.3) is 0 Å². The van der Waals surface area contributed by atoms with Crippen LogP contribution in [0.4, 0.5) is 0 Å². The van der Waals surface area contributed by atoms with Gasteiger partial charge in [0.2, 0.25) is 0 Å². The molecular weight excluding hydrogens is 186 g/mol. The number of fused-ring (bicyclic) bond motifs is 1. The Morgan fingerprint density at radius 2 is 2.13 bits per heavy atom. The first-order valence-electron chi connectivity index (χ1n) is 5.61. The van der Waals surface area contributed by atoms with Crippen LogP contribution in [0, 0.1) is 0 Å². The van der Waals surface area contributed by atoms with E-state index in [1.807, 2.05) is 6.07 Å². The third-order valence-corrected chi connectivity index (χ3v) is 3.15. The van der Waals surface area contributed by atoms with Crippen molar-refractivity contribution < 1.29 is 0 Å². The van der Waals surface area contributed by atoms with Crippen LogP contribution in [0.25, 0.3) is 10.9 Å². The second-order valence-electron chi connectivity index (χ2n) is 4.16. The smallest absolute Gasteiger partial charge is 0.0924 e. The SMILES string of the molecule is c1ccc2c(C3CCCCN3)[nH]nc2c1. The van der Waals surface area contributed by atoms with Crippen molar-refractivity contribution in [1.29, 1.82) is 0 Å². The average molecular weight is 201 g/mol. The maximum Gasteiger partial charge on any atom is 0.0924 e. The molecule has 0 aliphatic carbocycles. The van der Waals surface area contributed by atoms with Crippen LogP contribution in [0.1, 0.15) is 31.0 Å². The minimum absolute atomic E-state index is 0.464. The van der Waals surface area contributed by atoms with Gasteiger partial charge in [-0.3, -0.25) is 5.10 Å². The lowest BCUT2D eigenvalue weighted by Crippen LogP contribution is -2.27. The predicted molar refractivity (Wildman–Crippen MR) is 60.7 cm³/mol. The Bertz CT molecular complexity index is 455. The standard InChI is InChI=1S/C12H15N3/c1-2-6-10-9(5-1)12(15-14-10)11-7-3-4-8-13-11/h1-2,5-6,11,13H,3-4,7-8H2,(H,14,15). The summed E-state index contributed by atoms with van der Waals surface area (Å²) in [6, 6.07) is 8.76. The molecule has 3 nitrogen and oxygen atoms in total. The van der Waals surface area contributed by atoms with Gasteiger partial charge >= 0.3 is 0 Å². The van der Waals surface area contributed by atoms with E-state index in [4.69, 9.17) is 0 Å². The zero-order valence-corrected chi connectivity index (χ0v) is 8.66. The summed E-state index contributed by atoms with van der Waals surface area (Å²) in [6.45, 7) is 1.12.